The van der Waals surface area contributed by atoms with Crippen molar-refractivity contribution < 1.29 is 9.84 Å². The molecule has 0 aliphatic carbocycles. The van der Waals surface area contributed by atoms with E-state index in [0.29, 0.717) is 12.6 Å². The fraction of sp³-hybridized carbons (Fsp3) is 0.600. The Morgan fingerprint density at radius 3 is 3.00 bits per heavy atom. The molecule has 1 aromatic carbocycles. The predicted octanol–water partition coefficient (Wildman–Crippen LogP) is 2.08. The molecule has 2 rings (SSSR count). The molecule has 1 aliphatic heterocycles. The second kappa shape index (κ2) is 6.76. The highest BCUT2D eigenvalue weighted by atomic mass is 16.5. The quantitative estimate of drug-likeness (QED) is 0.838. The van der Waals surface area contributed by atoms with Crippen molar-refractivity contribution in [1.82, 2.24) is 4.90 Å². The first-order chi connectivity index (χ1) is 8.85. The van der Waals surface area contributed by atoms with Gasteiger partial charge in [0.05, 0.1) is 6.61 Å². The molecule has 1 aromatic rings. The summed E-state index contributed by atoms with van der Waals surface area (Å²) in [6.07, 6.45) is 3.30. The van der Waals surface area contributed by atoms with Gasteiger partial charge >= 0.3 is 0 Å². The molecule has 1 saturated heterocycles. The van der Waals surface area contributed by atoms with Crippen LogP contribution in [-0.4, -0.2) is 42.4 Å². The average Bonchev–Trinajstić information content (AvgIpc) is 2.87. The van der Waals surface area contributed by atoms with E-state index in [1.807, 2.05) is 18.2 Å². The maximum absolute atomic E-state index is 9.25. The van der Waals surface area contributed by atoms with E-state index in [0.717, 1.165) is 31.7 Å². The molecule has 0 radical (unpaired) electrons. The number of rotatable bonds is 6. The standard InChI is InChI=1S/C15H23NO2/c1-2-13-6-3-4-8-15(13)18-11-10-16-9-5-7-14(16)12-17/h3-4,6,8,14,17H,2,5,7,9-12H2,1H3/t14-/m0/s1. The van der Waals surface area contributed by atoms with Crippen LogP contribution in [0.2, 0.25) is 0 Å². The van der Waals surface area contributed by atoms with Crippen LogP contribution in [0.3, 0.4) is 0 Å². The topological polar surface area (TPSA) is 32.7 Å². The van der Waals surface area contributed by atoms with E-state index in [1.165, 1.54) is 12.0 Å². The van der Waals surface area contributed by atoms with Gasteiger partial charge in [-0.25, -0.2) is 0 Å². The molecule has 0 amide bonds. The van der Waals surface area contributed by atoms with Gasteiger partial charge in [-0.2, -0.15) is 0 Å². The molecule has 100 valence electrons. The van der Waals surface area contributed by atoms with E-state index >= 15 is 0 Å². The number of nitrogens with zero attached hydrogens (tertiary/aromatic N) is 1. The predicted molar refractivity (Wildman–Crippen MR) is 73.0 cm³/mol. The largest absolute Gasteiger partial charge is 0.492 e. The molecule has 1 atom stereocenters. The van der Waals surface area contributed by atoms with E-state index in [9.17, 15) is 5.11 Å². The van der Waals surface area contributed by atoms with Crippen LogP contribution in [0.15, 0.2) is 24.3 Å². The van der Waals surface area contributed by atoms with Crippen LogP contribution in [0.5, 0.6) is 5.75 Å². The number of hydrogen-bond acceptors (Lipinski definition) is 3. The van der Waals surface area contributed by atoms with Gasteiger partial charge in [0.15, 0.2) is 0 Å². The molecule has 3 nitrogen and oxygen atoms in total. The Bertz CT molecular complexity index is 367. The van der Waals surface area contributed by atoms with Crippen molar-refractivity contribution in [3.05, 3.63) is 29.8 Å². The molecule has 1 N–H and O–H groups in total. The van der Waals surface area contributed by atoms with Crippen LogP contribution in [0.25, 0.3) is 0 Å². The Kier molecular flexibility index (Phi) is 5.02. The van der Waals surface area contributed by atoms with Crippen LogP contribution in [-0.2, 0) is 6.42 Å². The lowest BCUT2D eigenvalue weighted by Crippen LogP contribution is -2.35. The molecule has 0 bridgehead atoms. The smallest absolute Gasteiger partial charge is 0.122 e. The summed E-state index contributed by atoms with van der Waals surface area (Å²) in [5.74, 6) is 1.000. The summed E-state index contributed by atoms with van der Waals surface area (Å²) in [5, 5.41) is 9.25. The maximum Gasteiger partial charge on any atom is 0.122 e. The second-order valence-corrected chi connectivity index (χ2v) is 4.82. The normalized spacial score (nSPS) is 20.2. The summed E-state index contributed by atoms with van der Waals surface area (Å²) in [7, 11) is 0. The van der Waals surface area contributed by atoms with Gasteiger partial charge in [-0.05, 0) is 37.4 Å². The summed E-state index contributed by atoms with van der Waals surface area (Å²) in [6.45, 7) is 5.11. The second-order valence-electron chi connectivity index (χ2n) is 4.82. The lowest BCUT2D eigenvalue weighted by molar-refractivity contribution is 0.139. The lowest BCUT2D eigenvalue weighted by atomic mass is 10.1. The number of aliphatic hydroxyl groups excluding tert-OH is 1. The van der Waals surface area contributed by atoms with Gasteiger partial charge in [-0.3, -0.25) is 4.90 Å². The number of ether oxygens (including phenoxy) is 1. The van der Waals surface area contributed by atoms with Crippen LogP contribution in [0.4, 0.5) is 0 Å². The van der Waals surface area contributed by atoms with Crippen molar-refractivity contribution in [2.24, 2.45) is 0 Å². The number of benzene rings is 1. The van der Waals surface area contributed by atoms with Crippen LogP contribution in [0, 0.1) is 0 Å². The van der Waals surface area contributed by atoms with Crippen LogP contribution < -0.4 is 4.74 Å². The van der Waals surface area contributed by atoms with Gasteiger partial charge in [-0.1, -0.05) is 25.1 Å². The van der Waals surface area contributed by atoms with Gasteiger partial charge in [0.1, 0.15) is 12.4 Å². The summed E-state index contributed by atoms with van der Waals surface area (Å²) in [6, 6.07) is 8.55. The van der Waals surface area contributed by atoms with Gasteiger partial charge in [-0.15, -0.1) is 0 Å². The minimum absolute atomic E-state index is 0.269. The number of aliphatic hydroxyl groups is 1. The zero-order valence-corrected chi connectivity index (χ0v) is 11.1. The summed E-state index contributed by atoms with van der Waals surface area (Å²) >= 11 is 0. The molecule has 0 unspecified atom stereocenters. The van der Waals surface area contributed by atoms with Crippen LogP contribution >= 0.6 is 0 Å². The molecule has 1 fully saturated rings. The molecule has 0 saturated carbocycles. The van der Waals surface area contributed by atoms with Crippen molar-refractivity contribution in [2.75, 3.05) is 26.3 Å². The van der Waals surface area contributed by atoms with E-state index in [4.69, 9.17) is 4.74 Å². The van der Waals surface area contributed by atoms with Crippen LogP contribution in [0.1, 0.15) is 25.3 Å². The van der Waals surface area contributed by atoms with Crippen molar-refractivity contribution in [3.63, 3.8) is 0 Å². The molecule has 1 heterocycles. The zero-order chi connectivity index (χ0) is 12.8. The SMILES string of the molecule is CCc1ccccc1OCCN1CCC[C@H]1CO. The Labute approximate surface area is 109 Å². The Morgan fingerprint density at radius 1 is 1.39 bits per heavy atom. The van der Waals surface area contributed by atoms with Crippen molar-refractivity contribution in [1.29, 1.82) is 0 Å². The molecule has 18 heavy (non-hydrogen) atoms. The third kappa shape index (κ3) is 3.24. The van der Waals surface area contributed by atoms with Crippen molar-refractivity contribution in [3.8, 4) is 5.75 Å². The van der Waals surface area contributed by atoms with Crippen molar-refractivity contribution >= 4 is 0 Å². The number of para-hydroxylation sites is 1. The first-order valence-corrected chi connectivity index (χ1v) is 6.90. The fourth-order valence-electron chi connectivity index (χ4n) is 2.61. The Balaban J connectivity index is 1.81. The van der Waals surface area contributed by atoms with Gasteiger partial charge in [0.2, 0.25) is 0 Å². The zero-order valence-electron chi connectivity index (χ0n) is 11.1. The Hall–Kier alpha value is -1.06. The fourth-order valence-corrected chi connectivity index (χ4v) is 2.61. The van der Waals surface area contributed by atoms with Crippen molar-refractivity contribution in [2.45, 2.75) is 32.2 Å². The molecular weight excluding hydrogens is 226 g/mol. The number of likely N-dealkylation sites (tertiary alicyclic amines) is 1. The van der Waals surface area contributed by atoms with E-state index in [2.05, 4.69) is 17.9 Å². The lowest BCUT2D eigenvalue weighted by Gasteiger charge is -2.22. The molecule has 0 spiro atoms. The number of hydrogen-bond donors (Lipinski definition) is 1. The molecule has 3 heteroatoms. The minimum atomic E-state index is 0.269. The highest BCUT2D eigenvalue weighted by Crippen LogP contribution is 2.19. The summed E-state index contributed by atoms with van der Waals surface area (Å²) < 4.78 is 5.86. The molecular formula is C15H23NO2. The first-order valence-electron chi connectivity index (χ1n) is 6.90. The molecule has 0 aromatic heterocycles. The van der Waals surface area contributed by atoms with Gasteiger partial charge in [0, 0.05) is 12.6 Å². The summed E-state index contributed by atoms with van der Waals surface area (Å²) in [4.78, 5) is 2.33. The third-order valence-electron chi connectivity index (χ3n) is 3.70. The van der Waals surface area contributed by atoms with Gasteiger partial charge in [0.25, 0.3) is 0 Å². The van der Waals surface area contributed by atoms with E-state index in [1.54, 1.807) is 0 Å². The Morgan fingerprint density at radius 2 is 2.22 bits per heavy atom. The molecule has 1 aliphatic rings. The summed E-state index contributed by atoms with van der Waals surface area (Å²) in [5.41, 5.74) is 1.26. The van der Waals surface area contributed by atoms with Gasteiger partial charge < -0.3 is 9.84 Å². The minimum Gasteiger partial charge on any atom is -0.492 e. The average molecular weight is 249 g/mol. The highest BCUT2D eigenvalue weighted by Gasteiger charge is 2.23. The first kappa shape index (κ1) is 13.4. The number of aryl methyl sites for hydroxylation is 1. The highest BCUT2D eigenvalue weighted by molar-refractivity contribution is 5.33. The maximum atomic E-state index is 9.25. The van der Waals surface area contributed by atoms with E-state index in [-0.39, 0.29) is 6.61 Å². The van der Waals surface area contributed by atoms with E-state index < -0.39 is 0 Å². The monoisotopic (exact) mass is 249 g/mol. The third-order valence-corrected chi connectivity index (χ3v) is 3.70.